The summed E-state index contributed by atoms with van der Waals surface area (Å²) < 4.78 is 11.3. The van der Waals surface area contributed by atoms with Crippen molar-refractivity contribution in [1.29, 1.82) is 0 Å². The van der Waals surface area contributed by atoms with Gasteiger partial charge in [0.2, 0.25) is 0 Å². The summed E-state index contributed by atoms with van der Waals surface area (Å²) in [5.74, 6) is -0.0916. The summed E-state index contributed by atoms with van der Waals surface area (Å²) in [7, 11) is 0. The van der Waals surface area contributed by atoms with Crippen LogP contribution in [0, 0.1) is 19.9 Å². The molecule has 0 atom stereocenters. The van der Waals surface area contributed by atoms with Crippen molar-refractivity contribution in [3.05, 3.63) is 217 Å². The Morgan fingerprint density at radius 3 is 1.77 bits per heavy atom. The smallest absolute Gasteiger partial charge is 0.148 e. The Kier molecular flexibility index (Phi) is 11.5. The van der Waals surface area contributed by atoms with Gasteiger partial charge in [-0.3, -0.25) is 9.55 Å². The van der Waals surface area contributed by atoms with Crippen LogP contribution in [-0.4, -0.2) is 19.6 Å². The summed E-state index contributed by atoms with van der Waals surface area (Å²) in [4.78, 5) is 10.4. The van der Waals surface area contributed by atoms with Crippen LogP contribution in [-0.2, 0) is 21.1 Å². The molecule has 4 nitrogen and oxygen atoms in total. The summed E-state index contributed by atoms with van der Waals surface area (Å²) in [6.45, 7) is 7.80. The molecule has 0 aliphatic rings. The third-order valence-corrected chi connectivity index (χ3v) is 11.9. The summed E-state index contributed by atoms with van der Waals surface area (Å²) >= 11 is 0. The van der Waals surface area contributed by atoms with Crippen molar-refractivity contribution in [2.24, 2.45) is 0 Å². The van der Waals surface area contributed by atoms with Gasteiger partial charge in [0.25, 0.3) is 0 Å². The number of benzene rings is 8. The van der Waals surface area contributed by atoms with Crippen LogP contribution in [0.25, 0.3) is 95.0 Å². The Labute approximate surface area is 391 Å². The van der Waals surface area contributed by atoms with Crippen molar-refractivity contribution in [1.82, 2.24) is 14.5 Å². The molecule has 314 valence electrons. The first-order valence-electron chi connectivity index (χ1n) is 21.9. The van der Waals surface area contributed by atoms with Crippen LogP contribution in [0.1, 0.15) is 37.8 Å². The van der Waals surface area contributed by atoms with Crippen LogP contribution in [0.5, 0.6) is 5.75 Å². The number of para-hydroxylation sites is 1. The first-order valence-corrected chi connectivity index (χ1v) is 21.4. The van der Waals surface area contributed by atoms with Crippen molar-refractivity contribution < 1.29 is 27.5 Å². The van der Waals surface area contributed by atoms with E-state index >= 15 is 0 Å². The first-order chi connectivity index (χ1) is 31.1. The zero-order chi connectivity index (χ0) is 44.0. The topological polar surface area (TPSA) is 50.9 Å². The number of phenolic OH excluding ortho intramolecular Hbond substituents is 1. The number of fused-ring (bicyclic) bond motifs is 1. The third-order valence-electron chi connectivity index (χ3n) is 11.9. The fraction of sp³-hybridized carbons (Fsp3) is 0.0847. The summed E-state index contributed by atoms with van der Waals surface area (Å²) in [6, 6.07) is 68.8. The number of rotatable bonds is 9. The van der Waals surface area contributed by atoms with Gasteiger partial charge in [-0.1, -0.05) is 176 Å². The van der Waals surface area contributed by atoms with Crippen molar-refractivity contribution in [3.63, 3.8) is 0 Å². The van der Waals surface area contributed by atoms with Crippen LogP contribution in [0.2, 0.25) is 0 Å². The molecular formula is C59H46N3OPt-. The van der Waals surface area contributed by atoms with Gasteiger partial charge >= 0.3 is 0 Å². The number of phenols is 1. The minimum atomic E-state index is -0.885. The molecule has 10 aromatic rings. The van der Waals surface area contributed by atoms with Gasteiger partial charge in [-0.2, -0.15) is 0 Å². The fourth-order valence-electron chi connectivity index (χ4n) is 8.61. The monoisotopic (exact) mass is 1010 g/mol. The maximum atomic E-state index is 11.8. The van der Waals surface area contributed by atoms with E-state index in [1.165, 1.54) is 11.1 Å². The summed E-state index contributed by atoms with van der Waals surface area (Å²) in [6.07, 6.45) is 1.87. The largest absolute Gasteiger partial charge is 0.507 e. The number of aromatic nitrogens is 3. The van der Waals surface area contributed by atoms with Gasteiger partial charge in [-0.25, -0.2) is 4.98 Å². The van der Waals surface area contributed by atoms with E-state index in [0.29, 0.717) is 11.4 Å². The Morgan fingerprint density at radius 1 is 0.547 bits per heavy atom. The molecule has 5 heteroatoms. The second-order valence-corrected chi connectivity index (χ2v) is 16.5. The number of hydrogen-bond acceptors (Lipinski definition) is 3. The normalized spacial score (nSPS) is 11.6. The average molecular weight is 1010 g/mol. The molecule has 0 saturated heterocycles. The van der Waals surface area contributed by atoms with Gasteiger partial charge in [0.15, 0.2) is 0 Å². The van der Waals surface area contributed by atoms with E-state index in [4.69, 9.17) is 9.97 Å². The molecule has 8 aromatic carbocycles. The average Bonchev–Trinajstić information content (AvgIpc) is 3.73. The number of aromatic hydroxyl groups is 1. The van der Waals surface area contributed by atoms with E-state index in [1.807, 2.05) is 76.4 Å². The molecule has 0 unspecified atom stereocenters. The fourth-order valence-corrected chi connectivity index (χ4v) is 8.61. The molecule has 0 aliphatic heterocycles. The molecule has 0 fully saturated rings. The molecule has 1 N–H and O–H groups in total. The number of aryl methyl sites for hydroxylation is 2. The van der Waals surface area contributed by atoms with E-state index in [-0.39, 0.29) is 26.8 Å². The van der Waals surface area contributed by atoms with Gasteiger partial charge in [-0.05, 0) is 106 Å². The number of pyridine rings is 1. The van der Waals surface area contributed by atoms with Gasteiger partial charge in [0.05, 0.1) is 16.6 Å². The molecule has 0 spiro atoms. The maximum Gasteiger partial charge on any atom is 0.148 e. The minimum absolute atomic E-state index is 0. The van der Waals surface area contributed by atoms with Crippen LogP contribution >= 0.6 is 0 Å². The van der Waals surface area contributed by atoms with Crippen molar-refractivity contribution in [3.8, 4) is 89.7 Å². The predicted octanol–water partition coefficient (Wildman–Crippen LogP) is 15.3. The standard InChI is InChI=1S/C59H46N3O.Pt/c1-38(2)47-31-49(43-19-12-7-13-20-43)36-52(35-47)62-56-22-14-21-53(57(56)61-59(62)54-30-39(3)29-40(4)58(54)63)50-32-48(42-17-10-6-11-18-42)33-51(34-50)55-37-46(27-28-60-55)45-25-23-44(24-26-45)41-15-8-5-9-16-41;/h5-33,35-38,63H,1-4H3;/q-1;/i38D;. The van der Waals surface area contributed by atoms with Gasteiger partial charge < -0.3 is 5.11 Å². The van der Waals surface area contributed by atoms with Crippen molar-refractivity contribution in [2.45, 2.75) is 33.6 Å². The molecule has 0 radical (unpaired) electrons. The first kappa shape index (κ1) is 40.9. The summed E-state index contributed by atoms with van der Waals surface area (Å²) in [5, 5.41) is 11.8. The van der Waals surface area contributed by atoms with Crippen molar-refractivity contribution in [2.75, 3.05) is 0 Å². The van der Waals surface area contributed by atoms with Crippen LogP contribution < -0.4 is 0 Å². The number of nitrogens with zero attached hydrogens (tertiary/aromatic N) is 3. The molecule has 2 aromatic heterocycles. The van der Waals surface area contributed by atoms with E-state index in [9.17, 15) is 6.48 Å². The van der Waals surface area contributed by atoms with Crippen LogP contribution in [0.3, 0.4) is 0 Å². The van der Waals surface area contributed by atoms with Crippen LogP contribution in [0.15, 0.2) is 194 Å². The zero-order valence-corrected chi connectivity index (χ0v) is 38.4. The van der Waals surface area contributed by atoms with E-state index in [2.05, 4.69) is 156 Å². The molecular weight excluding hydrogens is 962 g/mol. The number of hydrogen-bond donors (Lipinski definition) is 1. The van der Waals surface area contributed by atoms with Gasteiger partial charge in [0, 0.05) is 40.0 Å². The molecule has 0 saturated carbocycles. The maximum absolute atomic E-state index is 11.8. The Hall–Kier alpha value is -7.13. The molecule has 64 heavy (non-hydrogen) atoms. The number of imidazole rings is 1. The molecule has 10 rings (SSSR count). The van der Waals surface area contributed by atoms with E-state index < -0.39 is 5.89 Å². The van der Waals surface area contributed by atoms with E-state index in [1.54, 1.807) is 0 Å². The minimum Gasteiger partial charge on any atom is -0.507 e. The van der Waals surface area contributed by atoms with Gasteiger partial charge in [-0.15, -0.1) is 23.8 Å². The zero-order valence-electron chi connectivity index (χ0n) is 37.1. The van der Waals surface area contributed by atoms with E-state index in [0.717, 1.165) is 89.2 Å². The Bertz CT molecular complexity index is 3320. The predicted molar refractivity (Wildman–Crippen MR) is 261 cm³/mol. The quantitative estimate of drug-likeness (QED) is 0.147. The van der Waals surface area contributed by atoms with Crippen LogP contribution in [0.4, 0.5) is 0 Å². The Balaban J connectivity index is 0.00000533. The molecule has 0 aliphatic carbocycles. The Morgan fingerprint density at radius 2 is 1.12 bits per heavy atom. The molecule has 0 amide bonds. The second-order valence-electron chi connectivity index (χ2n) is 16.5. The molecule has 2 heterocycles. The van der Waals surface area contributed by atoms with Gasteiger partial charge in [0.1, 0.15) is 11.6 Å². The van der Waals surface area contributed by atoms with Crippen molar-refractivity contribution >= 4 is 11.0 Å². The summed E-state index contributed by atoms with van der Waals surface area (Å²) in [5.41, 5.74) is 17.9. The third kappa shape index (κ3) is 8.26. The SMILES string of the molecule is [2H]C(C)(C)c1cc(-c2ccccc2)cc(-n2c(-c3cc(C)cc(C)c3O)nc3c(-c4[c-]c(-c5cc(-c6ccc(-c7ccccc7)cc6)ccn5)cc(-c5ccccc5)c4)cccc32)c1.[Pt]. The molecule has 0 bridgehead atoms. The second kappa shape index (κ2) is 17.9.